The summed E-state index contributed by atoms with van der Waals surface area (Å²) in [6, 6.07) is 0. The van der Waals surface area contributed by atoms with Gasteiger partial charge in [0.15, 0.2) is 0 Å². The molecule has 1 amide bonds. The average Bonchev–Trinajstić information content (AvgIpc) is 1.66. The van der Waals surface area contributed by atoms with Crippen LogP contribution in [0.1, 0.15) is 0 Å². The first-order chi connectivity index (χ1) is 3.77. The zero-order chi connectivity index (χ0) is 6.41. The maximum Gasteiger partial charge on any atom is 0.241 e. The molecular weight excluding hydrogens is 126 g/mol. The number of allylic oxidation sites excluding steroid dienone is 2. The van der Waals surface area contributed by atoms with E-state index in [1.165, 1.54) is 23.8 Å². The molecule has 44 valence electrons. The average molecular weight is 132 g/mol. The van der Waals surface area contributed by atoms with Crippen LogP contribution in [0.4, 0.5) is 0 Å². The van der Waals surface area contributed by atoms with Crippen molar-refractivity contribution in [3.8, 4) is 0 Å². The molecule has 0 fully saturated rings. The number of halogens is 1. The van der Waals surface area contributed by atoms with Gasteiger partial charge in [-0.25, -0.2) is 0 Å². The summed E-state index contributed by atoms with van der Waals surface area (Å²) in [5.41, 5.74) is 6.02. The Bertz CT molecular complexity index is 128. The van der Waals surface area contributed by atoms with E-state index < -0.39 is 5.91 Å². The van der Waals surface area contributed by atoms with Gasteiger partial charge < -0.3 is 5.73 Å². The second kappa shape index (κ2) is 4.40. The van der Waals surface area contributed by atoms with Crippen molar-refractivity contribution in [2.75, 3.05) is 0 Å². The predicted octanol–water partition coefficient (Wildman–Crippen LogP) is 0.780. The van der Waals surface area contributed by atoms with Crippen molar-refractivity contribution in [1.29, 1.82) is 0 Å². The molecule has 0 spiro atoms. The summed E-state index contributed by atoms with van der Waals surface area (Å²) in [5.74, 6) is -0.472. The summed E-state index contributed by atoms with van der Waals surface area (Å²) >= 11 is 5.10. The zero-order valence-corrected chi connectivity index (χ0v) is 4.93. The van der Waals surface area contributed by atoms with Crippen LogP contribution in [0.3, 0.4) is 0 Å². The Morgan fingerprint density at radius 3 is 2.50 bits per heavy atom. The number of amides is 1. The molecular formula is C5H6ClNO. The Morgan fingerprint density at radius 2 is 2.12 bits per heavy atom. The second-order valence-corrected chi connectivity index (χ2v) is 1.33. The Morgan fingerprint density at radius 1 is 1.50 bits per heavy atom. The van der Waals surface area contributed by atoms with Crippen molar-refractivity contribution in [3.63, 3.8) is 0 Å². The SMILES string of the molecule is NC(=O)C=CC=CCl. The third-order valence-electron chi connectivity index (χ3n) is 0.444. The quantitative estimate of drug-likeness (QED) is 0.437. The topological polar surface area (TPSA) is 43.1 Å². The first kappa shape index (κ1) is 7.24. The molecule has 0 heterocycles. The first-order valence-electron chi connectivity index (χ1n) is 2.00. The van der Waals surface area contributed by atoms with Gasteiger partial charge in [0.1, 0.15) is 0 Å². The van der Waals surface area contributed by atoms with Crippen LogP contribution in [0, 0.1) is 0 Å². The first-order valence-corrected chi connectivity index (χ1v) is 2.44. The summed E-state index contributed by atoms with van der Waals surface area (Å²) in [4.78, 5) is 9.93. The fourth-order valence-electron chi connectivity index (χ4n) is 0.192. The van der Waals surface area contributed by atoms with E-state index in [-0.39, 0.29) is 0 Å². The standard InChI is InChI=1S/C5H6ClNO/c6-4-2-1-3-5(7)8/h1-4H,(H2,7,8). The number of carbonyl (C=O) groups excluding carboxylic acids is 1. The molecule has 8 heavy (non-hydrogen) atoms. The Labute approximate surface area is 52.6 Å². The van der Waals surface area contributed by atoms with Gasteiger partial charge in [-0.05, 0) is 0 Å². The molecule has 0 saturated heterocycles. The van der Waals surface area contributed by atoms with Gasteiger partial charge in [0.25, 0.3) is 0 Å². The van der Waals surface area contributed by atoms with Crippen molar-refractivity contribution >= 4 is 17.5 Å². The molecule has 0 atom stereocenters. The van der Waals surface area contributed by atoms with Crippen molar-refractivity contribution in [2.45, 2.75) is 0 Å². The molecule has 3 heteroatoms. The highest BCUT2D eigenvalue weighted by atomic mass is 35.5. The fourth-order valence-corrected chi connectivity index (χ4v) is 0.276. The highest BCUT2D eigenvalue weighted by molar-refractivity contribution is 6.25. The lowest BCUT2D eigenvalue weighted by Gasteiger charge is -1.72. The van der Waals surface area contributed by atoms with Crippen LogP contribution in [0.15, 0.2) is 23.8 Å². The summed E-state index contributed by atoms with van der Waals surface area (Å²) in [7, 11) is 0. The van der Waals surface area contributed by atoms with Gasteiger partial charge in [0.2, 0.25) is 5.91 Å². The van der Waals surface area contributed by atoms with E-state index in [4.69, 9.17) is 17.3 Å². The van der Waals surface area contributed by atoms with Crippen LogP contribution >= 0.6 is 11.6 Å². The second-order valence-electron chi connectivity index (χ2n) is 1.08. The van der Waals surface area contributed by atoms with Gasteiger partial charge in [-0.1, -0.05) is 23.8 Å². The molecule has 0 aliphatic carbocycles. The van der Waals surface area contributed by atoms with Gasteiger partial charge in [0.05, 0.1) is 0 Å². The summed E-state index contributed by atoms with van der Waals surface area (Å²) < 4.78 is 0. The van der Waals surface area contributed by atoms with Gasteiger partial charge >= 0.3 is 0 Å². The minimum atomic E-state index is -0.472. The number of nitrogens with two attached hydrogens (primary N) is 1. The molecule has 0 aromatic heterocycles. The van der Waals surface area contributed by atoms with Crippen molar-refractivity contribution < 1.29 is 4.79 Å². The highest BCUT2D eigenvalue weighted by Crippen LogP contribution is 1.78. The third-order valence-corrected chi connectivity index (χ3v) is 0.590. The summed E-state index contributed by atoms with van der Waals surface area (Å²) in [6.07, 6.45) is 4.19. The van der Waals surface area contributed by atoms with E-state index >= 15 is 0 Å². The number of primary amides is 1. The van der Waals surface area contributed by atoms with Crippen LogP contribution in [0.5, 0.6) is 0 Å². The van der Waals surface area contributed by atoms with Crippen molar-refractivity contribution in [1.82, 2.24) is 0 Å². The minimum Gasteiger partial charge on any atom is -0.366 e. The lowest BCUT2D eigenvalue weighted by atomic mass is 10.5. The van der Waals surface area contributed by atoms with Crippen LogP contribution in [-0.4, -0.2) is 5.91 Å². The van der Waals surface area contributed by atoms with E-state index in [0.717, 1.165) is 0 Å². The normalized spacial score (nSPS) is 11.1. The molecule has 0 aromatic carbocycles. The molecule has 0 aromatic rings. The van der Waals surface area contributed by atoms with Gasteiger partial charge in [-0.2, -0.15) is 0 Å². The molecule has 0 aliphatic rings. The number of hydrogen-bond acceptors (Lipinski definition) is 1. The van der Waals surface area contributed by atoms with Crippen molar-refractivity contribution in [3.05, 3.63) is 23.8 Å². The highest BCUT2D eigenvalue weighted by Gasteiger charge is 1.75. The lowest BCUT2D eigenvalue weighted by Crippen LogP contribution is -2.04. The lowest BCUT2D eigenvalue weighted by molar-refractivity contribution is -0.113. The zero-order valence-electron chi connectivity index (χ0n) is 4.17. The molecule has 0 unspecified atom stereocenters. The Hall–Kier alpha value is -0.760. The van der Waals surface area contributed by atoms with E-state index in [9.17, 15) is 4.79 Å². The van der Waals surface area contributed by atoms with Crippen LogP contribution in [0.25, 0.3) is 0 Å². The summed E-state index contributed by atoms with van der Waals surface area (Å²) in [6.45, 7) is 0. The maximum absolute atomic E-state index is 9.93. The maximum atomic E-state index is 9.93. The van der Waals surface area contributed by atoms with Crippen molar-refractivity contribution in [2.24, 2.45) is 5.73 Å². The van der Waals surface area contributed by atoms with Crippen LogP contribution in [-0.2, 0) is 4.79 Å². The van der Waals surface area contributed by atoms with E-state index in [1.807, 2.05) is 0 Å². The number of carbonyl (C=O) groups is 1. The molecule has 0 bridgehead atoms. The molecule has 0 aliphatic heterocycles. The molecule has 0 rings (SSSR count). The van der Waals surface area contributed by atoms with E-state index in [2.05, 4.69) is 0 Å². The van der Waals surface area contributed by atoms with Crippen LogP contribution < -0.4 is 5.73 Å². The molecule has 2 N–H and O–H groups in total. The number of hydrogen-bond donors (Lipinski definition) is 1. The van der Waals surface area contributed by atoms with Gasteiger partial charge in [-0.3, -0.25) is 4.79 Å². The predicted molar refractivity (Wildman–Crippen MR) is 33.3 cm³/mol. The number of rotatable bonds is 2. The van der Waals surface area contributed by atoms with Crippen LogP contribution in [0.2, 0.25) is 0 Å². The monoisotopic (exact) mass is 131 g/mol. The summed E-state index contributed by atoms with van der Waals surface area (Å²) in [5, 5.41) is 0. The molecule has 0 radical (unpaired) electrons. The van der Waals surface area contributed by atoms with Gasteiger partial charge in [0, 0.05) is 11.6 Å². The third kappa shape index (κ3) is 5.24. The smallest absolute Gasteiger partial charge is 0.241 e. The Balaban J connectivity index is 3.50. The Kier molecular flexibility index (Phi) is 3.98. The van der Waals surface area contributed by atoms with E-state index in [0.29, 0.717) is 0 Å². The fraction of sp³-hybridized carbons (Fsp3) is 0. The minimum absolute atomic E-state index is 0.472. The van der Waals surface area contributed by atoms with E-state index in [1.54, 1.807) is 0 Å². The molecule has 2 nitrogen and oxygen atoms in total. The van der Waals surface area contributed by atoms with Gasteiger partial charge in [-0.15, -0.1) is 0 Å². The largest absolute Gasteiger partial charge is 0.366 e. The molecule has 0 saturated carbocycles.